The van der Waals surface area contributed by atoms with Gasteiger partial charge in [0.05, 0.1) is 21.8 Å². The molecule has 3 aromatic carbocycles. The zero-order valence-electron chi connectivity index (χ0n) is 19.8. The van der Waals surface area contributed by atoms with Crippen molar-refractivity contribution in [3.63, 3.8) is 0 Å². The summed E-state index contributed by atoms with van der Waals surface area (Å²) in [6.07, 6.45) is 1.82. The third kappa shape index (κ3) is 4.70. The van der Waals surface area contributed by atoms with Gasteiger partial charge in [-0.3, -0.25) is 9.36 Å². The summed E-state index contributed by atoms with van der Waals surface area (Å²) in [5.74, 6) is -0.971. The van der Waals surface area contributed by atoms with Gasteiger partial charge in [-0.2, -0.15) is 0 Å². The lowest BCUT2D eigenvalue weighted by atomic mass is 9.96. The van der Waals surface area contributed by atoms with Crippen LogP contribution in [-0.2, 0) is 16.1 Å². The first-order valence-corrected chi connectivity index (χ1v) is 12.3. The lowest BCUT2D eigenvalue weighted by Gasteiger charge is -2.24. The molecule has 0 N–H and O–H groups in total. The molecule has 0 spiro atoms. The van der Waals surface area contributed by atoms with E-state index in [1.165, 1.54) is 28.0 Å². The average molecular weight is 499 g/mol. The Morgan fingerprint density at radius 1 is 1.03 bits per heavy atom. The highest BCUT2D eigenvalue weighted by Crippen LogP contribution is 2.31. The fraction of sp³-hybridized carbons (Fsp3) is 0.138. The minimum absolute atomic E-state index is 0.0877. The van der Waals surface area contributed by atoms with Gasteiger partial charge in [-0.1, -0.05) is 83.6 Å². The van der Waals surface area contributed by atoms with Crippen LogP contribution in [0.15, 0.2) is 99.9 Å². The van der Waals surface area contributed by atoms with Crippen LogP contribution in [0.5, 0.6) is 0 Å². The highest BCUT2D eigenvalue weighted by atomic mass is 32.1. The number of thiazole rings is 1. The molecule has 1 aliphatic heterocycles. The van der Waals surface area contributed by atoms with Gasteiger partial charge in [-0.05, 0) is 48.7 Å². The van der Waals surface area contributed by atoms with Crippen LogP contribution < -0.4 is 14.9 Å². The number of carbonyl (C=O) groups is 1. The Morgan fingerprint density at radius 3 is 2.42 bits per heavy atom. The number of aromatic nitrogens is 1. The molecule has 0 amide bonds. The van der Waals surface area contributed by atoms with E-state index in [0.717, 1.165) is 16.7 Å². The summed E-state index contributed by atoms with van der Waals surface area (Å²) in [7, 11) is 0. The highest BCUT2D eigenvalue weighted by Gasteiger charge is 2.33. The summed E-state index contributed by atoms with van der Waals surface area (Å²) in [4.78, 5) is 32.0. The smallest absolute Gasteiger partial charge is 0.338 e. The predicted octanol–water partition coefficient (Wildman–Crippen LogP) is 4.43. The third-order valence-electron chi connectivity index (χ3n) is 6.02. The molecule has 5 nitrogen and oxygen atoms in total. The monoisotopic (exact) mass is 498 g/mol. The fourth-order valence-electron chi connectivity index (χ4n) is 4.16. The summed E-state index contributed by atoms with van der Waals surface area (Å²) < 4.78 is 21.4. The van der Waals surface area contributed by atoms with Crippen LogP contribution in [0.4, 0.5) is 4.39 Å². The van der Waals surface area contributed by atoms with Crippen LogP contribution in [-0.4, -0.2) is 10.5 Å². The van der Waals surface area contributed by atoms with Crippen molar-refractivity contribution in [1.82, 2.24) is 4.57 Å². The molecule has 180 valence electrons. The van der Waals surface area contributed by atoms with Crippen molar-refractivity contribution in [2.75, 3.05) is 0 Å². The van der Waals surface area contributed by atoms with E-state index in [4.69, 9.17) is 4.74 Å². The maximum absolute atomic E-state index is 13.8. The minimum Gasteiger partial charge on any atom is -0.457 e. The SMILES string of the molecule is CC1=C(C(=O)OCc2ccccc2)C(c2ccc(F)cc2)n2c(sc(=Cc3ccc(C)cc3)c2=O)=N1. The van der Waals surface area contributed by atoms with Crippen LogP contribution in [0.2, 0.25) is 0 Å². The van der Waals surface area contributed by atoms with E-state index in [-0.39, 0.29) is 17.7 Å². The number of aryl methyl sites for hydroxylation is 1. The number of ether oxygens (including phenoxy) is 1. The lowest BCUT2D eigenvalue weighted by Crippen LogP contribution is -2.39. The Bertz CT molecular complexity index is 1630. The van der Waals surface area contributed by atoms with Crippen molar-refractivity contribution in [3.8, 4) is 0 Å². The quantitative estimate of drug-likeness (QED) is 0.383. The van der Waals surface area contributed by atoms with Gasteiger partial charge < -0.3 is 4.74 Å². The van der Waals surface area contributed by atoms with E-state index in [9.17, 15) is 14.0 Å². The maximum atomic E-state index is 13.8. The molecular formula is C29H23FN2O3S. The van der Waals surface area contributed by atoms with Gasteiger partial charge in [0.1, 0.15) is 12.4 Å². The second-order valence-electron chi connectivity index (χ2n) is 8.61. The predicted molar refractivity (Wildman–Crippen MR) is 138 cm³/mol. The molecule has 1 atom stereocenters. The molecule has 0 aliphatic carbocycles. The van der Waals surface area contributed by atoms with Crippen LogP contribution in [0, 0.1) is 12.7 Å². The Hall–Kier alpha value is -4.10. The molecule has 5 rings (SSSR count). The van der Waals surface area contributed by atoms with Gasteiger partial charge >= 0.3 is 5.97 Å². The van der Waals surface area contributed by atoms with Crippen molar-refractivity contribution >= 4 is 23.4 Å². The zero-order valence-corrected chi connectivity index (χ0v) is 20.6. The molecule has 1 unspecified atom stereocenters. The number of esters is 1. The Morgan fingerprint density at radius 2 is 1.72 bits per heavy atom. The molecule has 4 aromatic rings. The first kappa shape index (κ1) is 23.6. The summed E-state index contributed by atoms with van der Waals surface area (Å²) >= 11 is 1.26. The van der Waals surface area contributed by atoms with E-state index in [0.29, 0.717) is 20.6 Å². The number of benzene rings is 3. The van der Waals surface area contributed by atoms with Gasteiger partial charge in [-0.15, -0.1) is 0 Å². The number of halogens is 1. The summed E-state index contributed by atoms with van der Waals surface area (Å²) in [6, 6.07) is 22.2. The molecule has 2 heterocycles. The minimum atomic E-state index is -0.787. The number of carbonyl (C=O) groups excluding carboxylic acids is 1. The van der Waals surface area contributed by atoms with E-state index in [1.807, 2.05) is 67.6 Å². The Labute approximate surface area is 211 Å². The Kier molecular flexibility index (Phi) is 6.48. The maximum Gasteiger partial charge on any atom is 0.338 e. The Balaban J connectivity index is 1.61. The summed E-state index contributed by atoms with van der Waals surface area (Å²) in [5.41, 5.74) is 3.91. The third-order valence-corrected chi connectivity index (χ3v) is 7.00. The van der Waals surface area contributed by atoms with Crippen LogP contribution >= 0.6 is 11.3 Å². The van der Waals surface area contributed by atoms with Crippen LogP contribution in [0.3, 0.4) is 0 Å². The molecule has 36 heavy (non-hydrogen) atoms. The lowest BCUT2D eigenvalue weighted by molar-refractivity contribution is -0.140. The molecule has 0 radical (unpaired) electrons. The number of nitrogens with zero attached hydrogens (tertiary/aromatic N) is 2. The van der Waals surface area contributed by atoms with Crippen molar-refractivity contribution < 1.29 is 13.9 Å². The number of hydrogen-bond donors (Lipinski definition) is 0. The molecule has 0 bridgehead atoms. The van der Waals surface area contributed by atoms with Crippen molar-refractivity contribution in [2.24, 2.45) is 4.99 Å². The van der Waals surface area contributed by atoms with Gasteiger partial charge in [0.15, 0.2) is 4.80 Å². The van der Waals surface area contributed by atoms with Crippen LogP contribution in [0.1, 0.15) is 35.2 Å². The summed E-state index contributed by atoms with van der Waals surface area (Å²) in [6.45, 7) is 3.82. The fourth-order valence-corrected chi connectivity index (χ4v) is 5.20. The molecule has 0 saturated heterocycles. The number of fused-ring (bicyclic) bond motifs is 1. The molecule has 1 aliphatic rings. The second-order valence-corrected chi connectivity index (χ2v) is 9.61. The highest BCUT2D eigenvalue weighted by molar-refractivity contribution is 7.07. The first-order chi connectivity index (χ1) is 17.4. The molecular weight excluding hydrogens is 475 g/mol. The number of rotatable bonds is 5. The number of allylic oxidation sites excluding steroid dienone is 1. The normalized spacial score (nSPS) is 15.4. The zero-order chi connectivity index (χ0) is 25.2. The van der Waals surface area contributed by atoms with Crippen LogP contribution in [0.25, 0.3) is 6.08 Å². The molecule has 0 fully saturated rings. The van der Waals surface area contributed by atoms with Gasteiger partial charge in [0, 0.05) is 0 Å². The van der Waals surface area contributed by atoms with E-state index >= 15 is 0 Å². The van der Waals surface area contributed by atoms with Gasteiger partial charge in [-0.25, -0.2) is 14.2 Å². The average Bonchev–Trinajstić information content (AvgIpc) is 3.18. The van der Waals surface area contributed by atoms with E-state index < -0.39 is 17.8 Å². The van der Waals surface area contributed by atoms with E-state index in [2.05, 4.69) is 4.99 Å². The van der Waals surface area contributed by atoms with Gasteiger partial charge in [0.25, 0.3) is 5.56 Å². The first-order valence-electron chi connectivity index (χ1n) is 11.5. The topological polar surface area (TPSA) is 60.7 Å². The second kappa shape index (κ2) is 9.87. The van der Waals surface area contributed by atoms with Crippen molar-refractivity contribution in [1.29, 1.82) is 0 Å². The van der Waals surface area contributed by atoms with Crippen molar-refractivity contribution in [2.45, 2.75) is 26.5 Å². The van der Waals surface area contributed by atoms with Gasteiger partial charge in [0.2, 0.25) is 0 Å². The molecule has 1 aromatic heterocycles. The molecule has 7 heteroatoms. The van der Waals surface area contributed by atoms with Crippen molar-refractivity contribution in [3.05, 3.63) is 138 Å². The molecule has 0 saturated carbocycles. The van der Waals surface area contributed by atoms with E-state index in [1.54, 1.807) is 19.1 Å². The summed E-state index contributed by atoms with van der Waals surface area (Å²) in [5, 5.41) is 0. The largest absolute Gasteiger partial charge is 0.457 e. The number of hydrogen-bond acceptors (Lipinski definition) is 5. The standard InChI is InChI=1S/C29H23FN2O3S/c1-18-8-10-20(11-9-18)16-24-27(33)32-26(22-12-14-23(30)15-13-22)25(19(2)31-29(32)36-24)28(34)35-17-21-6-4-3-5-7-21/h3-16,26H,17H2,1-2H3.